The molecule has 0 saturated carbocycles. The summed E-state index contributed by atoms with van der Waals surface area (Å²) in [4.78, 5) is 11.6. The highest BCUT2D eigenvalue weighted by atomic mass is 16.3. The van der Waals surface area contributed by atoms with Crippen LogP contribution in [0.15, 0.2) is 18.2 Å². The van der Waals surface area contributed by atoms with Crippen LogP contribution < -0.4 is 5.32 Å². The molecule has 0 fully saturated rings. The second-order valence-electron chi connectivity index (χ2n) is 3.54. The van der Waals surface area contributed by atoms with E-state index in [2.05, 4.69) is 5.32 Å². The third kappa shape index (κ3) is 3.68. The summed E-state index contributed by atoms with van der Waals surface area (Å²) in [6.07, 6.45) is 1.86. The van der Waals surface area contributed by atoms with Crippen LogP contribution in [0.4, 0.5) is 0 Å². The van der Waals surface area contributed by atoms with Gasteiger partial charge in [0, 0.05) is 13.0 Å². The Kier molecular flexibility index (Phi) is 4.82. The minimum atomic E-state index is -0.516. The zero-order chi connectivity index (χ0) is 12.7. The fourth-order valence-electron chi connectivity index (χ4n) is 1.38. The number of rotatable bonds is 5. The minimum absolute atomic E-state index is 0.118. The number of aromatic hydroxyl groups is 2. The third-order valence-electron chi connectivity index (χ3n) is 2.25. The largest absolute Gasteiger partial charge is 0.507 e. The molecule has 1 amide bonds. The molecule has 17 heavy (non-hydrogen) atoms. The number of amides is 1. The Morgan fingerprint density at radius 1 is 1.29 bits per heavy atom. The van der Waals surface area contributed by atoms with Crippen molar-refractivity contribution in [2.45, 2.75) is 19.3 Å². The van der Waals surface area contributed by atoms with Crippen molar-refractivity contribution in [2.24, 2.45) is 0 Å². The lowest BCUT2D eigenvalue weighted by molar-refractivity contribution is 0.0947. The summed E-state index contributed by atoms with van der Waals surface area (Å²) in [5.41, 5.74) is -0.118. The lowest BCUT2D eigenvalue weighted by Gasteiger charge is -2.07. The van der Waals surface area contributed by atoms with Crippen molar-refractivity contribution in [2.75, 3.05) is 6.54 Å². The van der Waals surface area contributed by atoms with E-state index in [1.54, 1.807) is 0 Å². The van der Waals surface area contributed by atoms with Crippen LogP contribution in [0.25, 0.3) is 0 Å². The molecule has 5 nitrogen and oxygen atoms in total. The van der Waals surface area contributed by atoms with E-state index < -0.39 is 5.91 Å². The quantitative estimate of drug-likeness (QED) is 0.673. The van der Waals surface area contributed by atoms with Gasteiger partial charge < -0.3 is 15.5 Å². The number of carbonyl (C=O) groups excluding carboxylic acids is 1. The molecule has 1 aromatic rings. The first-order chi connectivity index (χ1) is 8.16. The highest BCUT2D eigenvalue weighted by Crippen LogP contribution is 2.25. The molecule has 0 aliphatic rings. The maximum absolute atomic E-state index is 11.6. The molecule has 0 saturated heterocycles. The fraction of sp³-hybridized carbons (Fsp3) is 0.333. The van der Waals surface area contributed by atoms with Crippen LogP contribution in [-0.2, 0) is 0 Å². The molecule has 0 unspecified atom stereocenters. The molecule has 0 atom stereocenters. The van der Waals surface area contributed by atoms with Gasteiger partial charge in [-0.2, -0.15) is 5.26 Å². The maximum atomic E-state index is 11.6. The first-order valence-electron chi connectivity index (χ1n) is 5.33. The number of carbonyl (C=O) groups is 1. The Morgan fingerprint density at radius 3 is 2.53 bits per heavy atom. The Hall–Kier alpha value is -2.22. The van der Waals surface area contributed by atoms with Crippen LogP contribution in [-0.4, -0.2) is 22.7 Å². The van der Waals surface area contributed by atoms with Crippen molar-refractivity contribution >= 4 is 5.91 Å². The van der Waals surface area contributed by atoms with Gasteiger partial charge in [-0.15, -0.1) is 0 Å². The zero-order valence-corrected chi connectivity index (χ0v) is 9.31. The van der Waals surface area contributed by atoms with Gasteiger partial charge in [-0.1, -0.05) is 6.07 Å². The van der Waals surface area contributed by atoms with Crippen molar-refractivity contribution in [3.8, 4) is 17.6 Å². The van der Waals surface area contributed by atoms with Crippen molar-refractivity contribution in [3.05, 3.63) is 23.8 Å². The first-order valence-corrected chi connectivity index (χ1v) is 5.33. The van der Waals surface area contributed by atoms with E-state index in [4.69, 9.17) is 5.26 Å². The van der Waals surface area contributed by atoms with Gasteiger partial charge in [0.1, 0.15) is 17.1 Å². The number of hydrogen-bond acceptors (Lipinski definition) is 4. The highest BCUT2D eigenvalue weighted by Gasteiger charge is 2.14. The Morgan fingerprint density at radius 2 is 1.94 bits per heavy atom. The first kappa shape index (κ1) is 12.8. The number of phenols is 2. The van der Waals surface area contributed by atoms with E-state index in [0.29, 0.717) is 25.8 Å². The molecule has 1 rings (SSSR count). The predicted octanol–water partition coefficient (Wildman–Crippen LogP) is 1.52. The predicted molar refractivity (Wildman–Crippen MR) is 61.6 cm³/mol. The fourth-order valence-corrected chi connectivity index (χ4v) is 1.38. The van der Waals surface area contributed by atoms with Gasteiger partial charge in [0.2, 0.25) is 0 Å². The monoisotopic (exact) mass is 234 g/mol. The van der Waals surface area contributed by atoms with Crippen LogP contribution in [0.2, 0.25) is 0 Å². The molecule has 5 heteroatoms. The third-order valence-corrected chi connectivity index (χ3v) is 2.25. The van der Waals surface area contributed by atoms with Crippen LogP contribution >= 0.6 is 0 Å². The average molecular weight is 234 g/mol. The maximum Gasteiger partial charge on any atom is 0.258 e. The summed E-state index contributed by atoms with van der Waals surface area (Å²) in [7, 11) is 0. The van der Waals surface area contributed by atoms with E-state index in [0.717, 1.165) is 0 Å². The summed E-state index contributed by atoms with van der Waals surface area (Å²) in [6.45, 7) is 0.411. The van der Waals surface area contributed by atoms with Gasteiger partial charge in [-0.3, -0.25) is 4.79 Å². The number of nitrogens with zero attached hydrogens (tertiary/aromatic N) is 1. The van der Waals surface area contributed by atoms with Gasteiger partial charge in [-0.05, 0) is 25.0 Å². The Balaban J connectivity index is 2.51. The summed E-state index contributed by atoms with van der Waals surface area (Å²) in [5.74, 6) is -1.02. The average Bonchev–Trinajstić information content (AvgIpc) is 2.28. The standard InChI is InChI=1S/C12H14N2O3/c13-7-2-1-3-8-14-12(17)11-9(15)5-4-6-10(11)16/h4-6,15-16H,1-3,8H2,(H,14,17). The normalized spacial score (nSPS) is 9.59. The molecule has 0 radical (unpaired) electrons. The summed E-state index contributed by atoms with van der Waals surface area (Å²) in [6, 6.07) is 6.14. The summed E-state index contributed by atoms with van der Waals surface area (Å²) < 4.78 is 0. The molecular weight excluding hydrogens is 220 g/mol. The minimum Gasteiger partial charge on any atom is -0.507 e. The van der Waals surface area contributed by atoms with Gasteiger partial charge in [-0.25, -0.2) is 0 Å². The molecule has 0 aliphatic carbocycles. The molecule has 0 bridgehead atoms. The van der Waals surface area contributed by atoms with Crippen molar-refractivity contribution < 1.29 is 15.0 Å². The van der Waals surface area contributed by atoms with E-state index in [1.807, 2.05) is 6.07 Å². The van der Waals surface area contributed by atoms with E-state index in [9.17, 15) is 15.0 Å². The lowest BCUT2D eigenvalue weighted by Crippen LogP contribution is -2.24. The molecule has 0 spiro atoms. The van der Waals surface area contributed by atoms with Crippen molar-refractivity contribution in [1.82, 2.24) is 5.32 Å². The van der Waals surface area contributed by atoms with E-state index >= 15 is 0 Å². The Bertz CT molecular complexity index is 418. The SMILES string of the molecule is N#CCCCCNC(=O)c1c(O)cccc1O. The highest BCUT2D eigenvalue weighted by molar-refractivity contribution is 5.99. The van der Waals surface area contributed by atoms with E-state index in [-0.39, 0.29) is 17.1 Å². The van der Waals surface area contributed by atoms with E-state index in [1.165, 1.54) is 18.2 Å². The van der Waals surface area contributed by atoms with Crippen LogP contribution in [0.3, 0.4) is 0 Å². The molecule has 90 valence electrons. The lowest BCUT2D eigenvalue weighted by atomic mass is 10.1. The number of nitrogens with one attached hydrogen (secondary N) is 1. The number of hydrogen-bond donors (Lipinski definition) is 3. The number of unbranched alkanes of at least 4 members (excludes halogenated alkanes) is 2. The van der Waals surface area contributed by atoms with Crippen molar-refractivity contribution in [3.63, 3.8) is 0 Å². The van der Waals surface area contributed by atoms with Crippen LogP contribution in [0, 0.1) is 11.3 Å². The van der Waals surface area contributed by atoms with Gasteiger partial charge in [0.05, 0.1) is 6.07 Å². The molecule has 3 N–H and O–H groups in total. The Labute approximate surface area is 99.3 Å². The molecule has 0 aliphatic heterocycles. The summed E-state index contributed by atoms with van der Waals surface area (Å²) in [5, 5.41) is 29.8. The van der Waals surface area contributed by atoms with Gasteiger partial charge >= 0.3 is 0 Å². The van der Waals surface area contributed by atoms with Crippen LogP contribution in [0.1, 0.15) is 29.6 Å². The second kappa shape index (κ2) is 6.38. The molecule has 0 aromatic heterocycles. The number of phenolic OH excluding ortho intramolecular Hbond substituents is 2. The van der Waals surface area contributed by atoms with Gasteiger partial charge in [0.25, 0.3) is 5.91 Å². The second-order valence-corrected chi connectivity index (χ2v) is 3.54. The smallest absolute Gasteiger partial charge is 0.258 e. The molecular formula is C12H14N2O3. The molecule has 1 aromatic carbocycles. The summed E-state index contributed by atoms with van der Waals surface area (Å²) >= 11 is 0. The van der Waals surface area contributed by atoms with Crippen molar-refractivity contribution in [1.29, 1.82) is 5.26 Å². The molecule has 0 heterocycles. The zero-order valence-electron chi connectivity index (χ0n) is 9.31. The number of benzene rings is 1. The number of nitriles is 1. The van der Waals surface area contributed by atoms with Gasteiger partial charge in [0.15, 0.2) is 0 Å². The van der Waals surface area contributed by atoms with Crippen LogP contribution in [0.5, 0.6) is 11.5 Å². The topological polar surface area (TPSA) is 93.4 Å².